The van der Waals surface area contributed by atoms with Crippen molar-refractivity contribution in [2.75, 3.05) is 0 Å². The van der Waals surface area contributed by atoms with Crippen molar-refractivity contribution in [3.63, 3.8) is 0 Å². The SMILES string of the molecule is O=C1N[C@H]2C[C@@H]1[C@H](c1ccccc1)C2. The lowest BCUT2D eigenvalue weighted by Crippen LogP contribution is -2.34. The Hall–Kier alpha value is -1.31. The van der Waals surface area contributed by atoms with E-state index in [9.17, 15) is 4.79 Å². The van der Waals surface area contributed by atoms with Gasteiger partial charge in [-0.1, -0.05) is 30.3 Å². The lowest BCUT2D eigenvalue weighted by Gasteiger charge is -2.21. The number of carbonyl (C=O) groups is 1. The molecule has 2 heteroatoms. The normalized spacial score (nSPS) is 34.6. The summed E-state index contributed by atoms with van der Waals surface area (Å²) in [6, 6.07) is 10.9. The fourth-order valence-electron chi connectivity index (χ4n) is 2.82. The molecule has 0 spiro atoms. The monoisotopic (exact) mass is 187 g/mol. The van der Waals surface area contributed by atoms with E-state index in [0.717, 1.165) is 12.8 Å². The highest BCUT2D eigenvalue weighted by molar-refractivity contribution is 5.83. The maximum Gasteiger partial charge on any atom is 0.224 e. The molecule has 3 rings (SSSR count). The second kappa shape index (κ2) is 2.84. The van der Waals surface area contributed by atoms with E-state index in [-0.39, 0.29) is 11.8 Å². The summed E-state index contributed by atoms with van der Waals surface area (Å²) in [6.07, 6.45) is 2.17. The van der Waals surface area contributed by atoms with Gasteiger partial charge in [0.25, 0.3) is 0 Å². The minimum atomic E-state index is 0.238. The third kappa shape index (κ3) is 1.07. The highest BCUT2D eigenvalue weighted by Gasteiger charge is 2.45. The smallest absolute Gasteiger partial charge is 0.224 e. The Bertz CT molecular complexity index is 360. The highest BCUT2D eigenvalue weighted by atomic mass is 16.2. The fourth-order valence-corrected chi connectivity index (χ4v) is 2.82. The number of amides is 1. The molecule has 1 saturated carbocycles. The first-order valence-electron chi connectivity index (χ1n) is 5.20. The number of nitrogens with one attached hydrogen (secondary N) is 1. The minimum Gasteiger partial charge on any atom is -0.353 e. The third-order valence-electron chi connectivity index (χ3n) is 3.47. The zero-order chi connectivity index (χ0) is 9.54. The van der Waals surface area contributed by atoms with E-state index in [0.29, 0.717) is 12.0 Å². The summed E-state index contributed by atoms with van der Waals surface area (Å²) in [6.45, 7) is 0. The number of piperidine rings is 1. The standard InChI is InChI=1S/C12H13NO/c14-12-11-7-9(13-12)6-10(11)8-4-2-1-3-5-8/h1-5,9-11H,6-7H2,(H,13,14)/t9-,10+,11-/m1/s1. The fraction of sp³-hybridized carbons (Fsp3) is 0.417. The van der Waals surface area contributed by atoms with E-state index in [1.165, 1.54) is 5.56 Å². The molecule has 1 aliphatic carbocycles. The molecule has 1 aromatic carbocycles. The lowest BCUT2D eigenvalue weighted by molar-refractivity contribution is -0.124. The van der Waals surface area contributed by atoms with Gasteiger partial charge in [-0.15, -0.1) is 0 Å². The molecule has 2 fully saturated rings. The minimum absolute atomic E-state index is 0.238. The van der Waals surface area contributed by atoms with Crippen LogP contribution in [0.5, 0.6) is 0 Å². The largest absolute Gasteiger partial charge is 0.353 e. The Morgan fingerprint density at radius 1 is 1.07 bits per heavy atom. The summed E-state index contributed by atoms with van der Waals surface area (Å²) in [4.78, 5) is 11.5. The van der Waals surface area contributed by atoms with E-state index >= 15 is 0 Å². The van der Waals surface area contributed by atoms with Gasteiger partial charge in [0.2, 0.25) is 5.91 Å². The average Bonchev–Trinajstić information content (AvgIpc) is 2.77. The summed E-state index contributed by atoms with van der Waals surface area (Å²) in [7, 11) is 0. The molecule has 14 heavy (non-hydrogen) atoms. The molecule has 1 amide bonds. The molecule has 2 aliphatic rings. The van der Waals surface area contributed by atoms with Gasteiger partial charge in [0, 0.05) is 12.0 Å². The number of benzene rings is 1. The first-order chi connectivity index (χ1) is 6.84. The van der Waals surface area contributed by atoms with Crippen LogP contribution in [0, 0.1) is 5.92 Å². The van der Waals surface area contributed by atoms with Crippen molar-refractivity contribution in [1.82, 2.24) is 5.32 Å². The highest BCUT2D eigenvalue weighted by Crippen LogP contribution is 2.43. The summed E-state index contributed by atoms with van der Waals surface area (Å²) in [5.41, 5.74) is 1.33. The van der Waals surface area contributed by atoms with Crippen molar-refractivity contribution in [3.05, 3.63) is 35.9 Å². The molecule has 2 bridgehead atoms. The Labute approximate surface area is 83.3 Å². The summed E-state index contributed by atoms with van der Waals surface area (Å²) in [5.74, 6) is 0.965. The second-order valence-corrected chi connectivity index (χ2v) is 4.30. The lowest BCUT2D eigenvalue weighted by atomic mass is 9.88. The van der Waals surface area contributed by atoms with Crippen molar-refractivity contribution >= 4 is 5.91 Å². The van der Waals surface area contributed by atoms with Crippen molar-refractivity contribution in [1.29, 1.82) is 0 Å². The number of hydrogen-bond donors (Lipinski definition) is 1. The molecular formula is C12H13NO. The van der Waals surface area contributed by atoms with Crippen LogP contribution in [0.15, 0.2) is 30.3 Å². The Balaban J connectivity index is 1.92. The van der Waals surface area contributed by atoms with E-state index < -0.39 is 0 Å². The van der Waals surface area contributed by atoms with E-state index in [4.69, 9.17) is 0 Å². The van der Waals surface area contributed by atoms with E-state index in [2.05, 4.69) is 29.6 Å². The van der Waals surface area contributed by atoms with Gasteiger partial charge >= 0.3 is 0 Å². The summed E-state index contributed by atoms with van der Waals surface area (Å²) >= 11 is 0. The zero-order valence-corrected chi connectivity index (χ0v) is 7.94. The third-order valence-corrected chi connectivity index (χ3v) is 3.47. The van der Waals surface area contributed by atoms with Crippen LogP contribution >= 0.6 is 0 Å². The van der Waals surface area contributed by atoms with Crippen molar-refractivity contribution in [2.45, 2.75) is 24.8 Å². The quantitative estimate of drug-likeness (QED) is 0.712. The van der Waals surface area contributed by atoms with Gasteiger partial charge in [-0.25, -0.2) is 0 Å². The van der Waals surface area contributed by atoms with Crippen molar-refractivity contribution < 1.29 is 4.79 Å². The molecular weight excluding hydrogens is 174 g/mol. The molecule has 0 unspecified atom stereocenters. The predicted octanol–water partition coefficient (Wildman–Crippen LogP) is 1.68. The van der Waals surface area contributed by atoms with Gasteiger partial charge in [0.1, 0.15) is 0 Å². The number of carbonyl (C=O) groups excluding carboxylic acids is 1. The van der Waals surface area contributed by atoms with Gasteiger partial charge < -0.3 is 5.32 Å². The molecule has 72 valence electrons. The van der Waals surface area contributed by atoms with Crippen LogP contribution in [0.2, 0.25) is 0 Å². The van der Waals surface area contributed by atoms with Gasteiger partial charge in [0.15, 0.2) is 0 Å². The van der Waals surface area contributed by atoms with Crippen LogP contribution in [-0.2, 0) is 4.79 Å². The molecule has 0 radical (unpaired) electrons. The first kappa shape index (κ1) is 8.04. The van der Waals surface area contributed by atoms with Crippen LogP contribution in [-0.4, -0.2) is 11.9 Å². The summed E-state index contributed by atoms with van der Waals surface area (Å²) in [5, 5.41) is 3.01. The van der Waals surface area contributed by atoms with Gasteiger partial charge in [0.05, 0.1) is 0 Å². The van der Waals surface area contributed by atoms with Crippen LogP contribution in [0.4, 0.5) is 0 Å². The molecule has 1 heterocycles. The maximum atomic E-state index is 11.5. The van der Waals surface area contributed by atoms with Crippen LogP contribution in [0.25, 0.3) is 0 Å². The molecule has 1 N–H and O–H groups in total. The van der Waals surface area contributed by atoms with Crippen LogP contribution < -0.4 is 5.32 Å². The number of rotatable bonds is 1. The number of hydrogen-bond acceptors (Lipinski definition) is 1. The molecule has 1 aliphatic heterocycles. The molecule has 1 aromatic rings. The van der Waals surface area contributed by atoms with Gasteiger partial charge in [-0.2, -0.15) is 0 Å². The van der Waals surface area contributed by atoms with Gasteiger partial charge in [-0.3, -0.25) is 4.79 Å². The van der Waals surface area contributed by atoms with Crippen LogP contribution in [0.1, 0.15) is 24.3 Å². The Morgan fingerprint density at radius 3 is 2.43 bits per heavy atom. The van der Waals surface area contributed by atoms with E-state index in [1.807, 2.05) is 6.07 Å². The Kier molecular flexibility index (Phi) is 1.63. The van der Waals surface area contributed by atoms with Crippen molar-refractivity contribution in [3.8, 4) is 0 Å². The number of fused-ring (bicyclic) bond motifs is 2. The van der Waals surface area contributed by atoms with E-state index in [1.54, 1.807) is 0 Å². The first-order valence-corrected chi connectivity index (χ1v) is 5.20. The second-order valence-electron chi connectivity index (χ2n) is 4.30. The molecule has 2 nitrogen and oxygen atoms in total. The van der Waals surface area contributed by atoms with Crippen molar-refractivity contribution in [2.24, 2.45) is 5.92 Å². The average molecular weight is 187 g/mol. The molecule has 3 atom stereocenters. The zero-order valence-electron chi connectivity index (χ0n) is 7.94. The Morgan fingerprint density at radius 2 is 1.79 bits per heavy atom. The topological polar surface area (TPSA) is 29.1 Å². The summed E-state index contributed by atoms with van der Waals surface area (Å²) < 4.78 is 0. The van der Waals surface area contributed by atoms with Gasteiger partial charge in [-0.05, 0) is 24.3 Å². The maximum absolute atomic E-state index is 11.5. The molecule has 0 aromatic heterocycles. The van der Waals surface area contributed by atoms with Crippen LogP contribution in [0.3, 0.4) is 0 Å². The molecule has 1 saturated heterocycles. The predicted molar refractivity (Wildman–Crippen MR) is 53.8 cm³/mol.